The van der Waals surface area contributed by atoms with E-state index < -0.39 is 0 Å². The van der Waals surface area contributed by atoms with Crippen molar-refractivity contribution >= 4 is 22.4 Å². The molecule has 0 radical (unpaired) electrons. The van der Waals surface area contributed by atoms with Crippen LogP contribution in [0, 0.1) is 5.82 Å². The van der Waals surface area contributed by atoms with Gasteiger partial charge in [0.05, 0.1) is 0 Å². The monoisotopic (exact) mass is 355 g/mol. The lowest BCUT2D eigenvalue weighted by molar-refractivity contribution is 0.102. The quantitative estimate of drug-likeness (QED) is 0.727. The molecular formula is C19H18FN3OS. The highest BCUT2D eigenvalue weighted by Gasteiger charge is 2.15. The second-order valence-corrected chi connectivity index (χ2v) is 7.68. The van der Waals surface area contributed by atoms with Crippen LogP contribution in [0.5, 0.6) is 0 Å². The van der Waals surface area contributed by atoms with Crippen molar-refractivity contribution in [1.29, 1.82) is 0 Å². The molecule has 25 heavy (non-hydrogen) atoms. The molecule has 1 heterocycles. The smallest absolute Gasteiger partial charge is 0.257 e. The van der Waals surface area contributed by atoms with Crippen LogP contribution in [0.25, 0.3) is 10.6 Å². The zero-order chi connectivity index (χ0) is 18.0. The van der Waals surface area contributed by atoms with Crippen molar-refractivity contribution in [3.05, 3.63) is 65.5 Å². The second-order valence-electron chi connectivity index (χ2n) is 6.70. The Labute approximate surface area is 149 Å². The molecule has 0 saturated carbocycles. The molecule has 0 aliphatic carbocycles. The van der Waals surface area contributed by atoms with Crippen LogP contribution >= 0.6 is 11.3 Å². The Morgan fingerprint density at radius 1 is 1.00 bits per heavy atom. The normalized spacial score (nSPS) is 11.4. The summed E-state index contributed by atoms with van der Waals surface area (Å²) < 4.78 is 12.9. The van der Waals surface area contributed by atoms with Crippen molar-refractivity contribution in [2.24, 2.45) is 0 Å². The van der Waals surface area contributed by atoms with E-state index in [0.29, 0.717) is 10.7 Å². The number of amides is 1. The number of carbonyl (C=O) groups excluding carboxylic acids is 1. The Bertz CT molecular complexity index is 880. The van der Waals surface area contributed by atoms with E-state index in [9.17, 15) is 9.18 Å². The summed E-state index contributed by atoms with van der Waals surface area (Å²) in [5.74, 6) is -0.723. The topological polar surface area (TPSA) is 54.9 Å². The number of benzene rings is 2. The van der Waals surface area contributed by atoms with Gasteiger partial charge in [-0.25, -0.2) is 4.39 Å². The highest BCUT2D eigenvalue weighted by Crippen LogP contribution is 2.29. The van der Waals surface area contributed by atoms with Gasteiger partial charge < -0.3 is 0 Å². The van der Waals surface area contributed by atoms with Crippen molar-refractivity contribution < 1.29 is 9.18 Å². The number of halogens is 1. The van der Waals surface area contributed by atoms with Gasteiger partial charge in [0.2, 0.25) is 5.13 Å². The number of hydrogen-bond donors (Lipinski definition) is 1. The van der Waals surface area contributed by atoms with Crippen molar-refractivity contribution in [1.82, 2.24) is 10.2 Å². The SMILES string of the molecule is CC(C)(C)c1ccc(-c2nnc(NC(=O)c3ccc(F)cc3)s2)cc1. The predicted octanol–water partition coefficient (Wildman–Crippen LogP) is 4.89. The van der Waals surface area contributed by atoms with Gasteiger partial charge in [0.25, 0.3) is 5.91 Å². The van der Waals surface area contributed by atoms with E-state index in [-0.39, 0.29) is 17.1 Å². The number of anilines is 1. The molecule has 0 fully saturated rings. The molecule has 0 spiro atoms. The highest BCUT2D eigenvalue weighted by atomic mass is 32.1. The molecule has 0 saturated heterocycles. The fraction of sp³-hybridized carbons (Fsp3) is 0.211. The standard InChI is InChI=1S/C19H18FN3OS/c1-19(2,3)14-8-4-13(5-9-14)17-22-23-18(25-17)21-16(24)12-6-10-15(20)11-7-12/h4-11H,1-3H3,(H,21,23,24). The summed E-state index contributed by atoms with van der Waals surface area (Å²) >= 11 is 1.30. The third-order valence-electron chi connectivity index (χ3n) is 3.75. The Balaban J connectivity index is 1.74. The Morgan fingerprint density at radius 2 is 1.64 bits per heavy atom. The van der Waals surface area contributed by atoms with Gasteiger partial charge in [-0.2, -0.15) is 0 Å². The first-order valence-electron chi connectivity index (χ1n) is 7.84. The summed E-state index contributed by atoms with van der Waals surface area (Å²) in [4.78, 5) is 12.1. The van der Waals surface area contributed by atoms with Gasteiger partial charge in [-0.1, -0.05) is 56.4 Å². The molecule has 0 aliphatic rings. The van der Waals surface area contributed by atoms with Gasteiger partial charge in [0.15, 0.2) is 0 Å². The minimum absolute atomic E-state index is 0.0912. The maximum absolute atomic E-state index is 12.9. The minimum atomic E-state index is -0.381. The summed E-state index contributed by atoms with van der Waals surface area (Å²) in [6.07, 6.45) is 0. The van der Waals surface area contributed by atoms with Crippen LogP contribution in [0.3, 0.4) is 0 Å². The molecule has 2 aromatic carbocycles. The van der Waals surface area contributed by atoms with E-state index in [1.54, 1.807) is 0 Å². The van der Waals surface area contributed by atoms with Crippen LogP contribution in [-0.4, -0.2) is 16.1 Å². The number of nitrogens with one attached hydrogen (secondary N) is 1. The molecule has 0 bridgehead atoms. The van der Waals surface area contributed by atoms with Crippen molar-refractivity contribution in [3.8, 4) is 10.6 Å². The molecule has 0 aliphatic heterocycles. The molecule has 0 atom stereocenters. The van der Waals surface area contributed by atoms with E-state index >= 15 is 0 Å². The van der Waals surface area contributed by atoms with E-state index in [1.165, 1.54) is 41.2 Å². The lowest BCUT2D eigenvalue weighted by Gasteiger charge is -2.18. The Kier molecular flexibility index (Phi) is 4.63. The van der Waals surface area contributed by atoms with Crippen LogP contribution in [0.2, 0.25) is 0 Å². The zero-order valence-electron chi connectivity index (χ0n) is 14.2. The lowest BCUT2D eigenvalue weighted by atomic mass is 9.87. The highest BCUT2D eigenvalue weighted by molar-refractivity contribution is 7.18. The first-order chi connectivity index (χ1) is 11.8. The third kappa shape index (κ3) is 4.09. The number of carbonyl (C=O) groups is 1. The van der Waals surface area contributed by atoms with Crippen molar-refractivity contribution in [3.63, 3.8) is 0 Å². The van der Waals surface area contributed by atoms with E-state index in [0.717, 1.165) is 10.6 Å². The fourth-order valence-electron chi connectivity index (χ4n) is 2.27. The molecule has 1 amide bonds. The van der Waals surface area contributed by atoms with Crippen LogP contribution in [0.15, 0.2) is 48.5 Å². The van der Waals surface area contributed by atoms with E-state index in [2.05, 4.69) is 48.4 Å². The number of rotatable bonds is 3. The molecule has 4 nitrogen and oxygen atoms in total. The third-order valence-corrected chi connectivity index (χ3v) is 4.64. The Morgan fingerprint density at radius 3 is 2.24 bits per heavy atom. The molecule has 6 heteroatoms. The fourth-order valence-corrected chi connectivity index (χ4v) is 3.02. The average molecular weight is 355 g/mol. The summed E-state index contributed by atoms with van der Waals surface area (Å²) in [5, 5.41) is 12.0. The lowest BCUT2D eigenvalue weighted by Crippen LogP contribution is -2.11. The molecular weight excluding hydrogens is 337 g/mol. The molecule has 128 valence electrons. The van der Waals surface area contributed by atoms with Gasteiger partial charge >= 0.3 is 0 Å². The summed E-state index contributed by atoms with van der Waals surface area (Å²) in [6.45, 7) is 6.49. The van der Waals surface area contributed by atoms with Gasteiger partial charge in [0.1, 0.15) is 10.8 Å². The minimum Gasteiger partial charge on any atom is -0.296 e. The van der Waals surface area contributed by atoms with Gasteiger partial charge in [-0.3, -0.25) is 10.1 Å². The molecule has 3 aromatic rings. The maximum atomic E-state index is 12.9. The summed E-state index contributed by atoms with van der Waals surface area (Å²) in [7, 11) is 0. The zero-order valence-corrected chi connectivity index (χ0v) is 15.0. The number of aromatic nitrogens is 2. The van der Waals surface area contributed by atoms with E-state index in [4.69, 9.17) is 0 Å². The van der Waals surface area contributed by atoms with Crippen LogP contribution in [0.1, 0.15) is 36.7 Å². The molecule has 3 rings (SSSR count). The van der Waals surface area contributed by atoms with E-state index in [1.807, 2.05) is 12.1 Å². The van der Waals surface area contributed by atoms with Crippen LogP contribution in [-0.2, 0) is 5.41 Å². The predicted molar refractivity (Wildman–Crippen MR) is 98.4 cm³/mol. The van der Waals surface area contributed by atoms with Crippen LogP contribution in [0.4, 0.5) is 9.52 Å². The second kappa shape index (κ2) is 6.72. The summed E-state index contributed by atoms with van der Waals surface area (Å²) in [6, 6.07) is 13.5. The first-order valence-corrected chi connectivity index (χ1v) is 8.66. The van der Waals surface area contributed by atoms with Crippen molar-refractivity contribution in [2.45, 2.75) is 26.2 Å². The number of hydrogen-bond acceptors (Lipinski definition) is 4. The Hall–Kier alpha value is -2.60. The first kappa shape index (κ1) is 17.2. The molecule has 1 aromatic heterocycles. The maximum Gasteiger partial charge on any atom is 0.257 e. The van der Waals surface area contributed by atoms with Gasteiger partial charge in [-0.05, 0) is 35.2 Å². The van der Waals surface area contributed by atoms with Crippen LogP contribution < -0.4 is 5.32 Å². The largest absolute Gasteiger partial charge is 0.296 e. The van der Waals surface area contributed by atoms with Gasteiger partial charge in [0, 0.05) is 11.1 Å². The number of nitrogens with zero attached hydrogens (tertiary/aromatic N) is 2. The molecule has 1 N–H and O–H groups in total. The summed E-state index contributed by atoms with van der Waals surface area (Å²) in [5.41, 5.74) is 2.65. The van der Waals surface area contributed by atoms with Gasteiger partial charge in [-0.15, -0.1) is 10.2 Å². The average Bonchev–Trinajstić information content (AvgIpc) is 3.03. The van der Waals surface area contributed by atoms with Crippen molar-refractivity contribution in [2.75, 3.05) is 5.32 Å². The molecule has 0 unspecified atom stereocenters.